The van der Waals surface area contributed by atoms with Crippen LogP contribution in [0.2, 0.25) is 0 Å². The van der Waals surface area contributed by atoms with Gasteiger partial charge in [0.2, 0.25) is 0 Å². The minimum Gasteiger partial charge on any atom is -0.508 e. The van der Waals surface area contributed by atoms with Crippen molar-refractivity contribution < 1.29 is 5.11 Å². The topological polar surface area (TPSA) is 35.5 Å². The third kappa shape index (κ3) is 3.48. The number of nitrogens with zero attached hydrogens (tertiary/aromatic N) is 1. The standard InChI is InChI=1S/C18H24N2O/c1-12-6-9-18(21)16(10-12)14(3)19-15-8-7-13(2)17(11-15)20(4)5/h6-11,14,19,21H,1-5H3. The molecule has 0 amide bonds. The van der Waals surface area contributed by atoms with Crippen LogP contribution in [0.15, 0.2) is 36.4 Å². The molecule has 0 aliphatic carbocycles. The number of anilines is 2. The van der Waals surface area contributed by atoms with E-state index in [1.165, 1.54) is 11.3 Å². The second kappa shape index (κ2) is 6.08. The molecule has 0 aliphatic rings. The van der Waals surface area contributed by atoms with E-state index in [-0.39, 0.29) is 6.04 Å². The lowest BCUT2D eigenvalue weighted by molar-refractivity contribution is 0.465. The Labute approximate surface area is 127 Å². The van der Waals surface area contributed by atoms with Gasteiger partial charge in [-0.1, -0.05) is 23.8 Å². The monoisotopic (exact) mass is 284 g/mol. The lowest BCUT2D eigenvalue weighted by Gasteiger charge is -2.21. The maximum atomic E-state index is 10.0. The summed E-state index contributed by atoms with van der Waals surface area (Å²) in [5.41, 5.74) is 5.56. The Morgan fingerprint density at radius 3 is 2.43 bits per heavy atom. The lowest BCUT2D eigenvalue weighted by Crippen LogP contribution is -2.12. The number of aryl methyl sites for hydroxylation is 2. The zero-order valence-electron chi connectivity index (χ0n) is 13.4. The molecule has 21 heavy (non-hydrogen) atoms. The van der Waals surface area contributed by atoms with Gasteiger partial charge in [0, 0.05) is 31.0 Å². The molecule has 0 bridgehead atoms. The first-order valence-corrected chi connectivity index (χ1v) is 7.22. The number of phenols is 1. The summed E-state index contributed by atoms with van der Waals surface area (Å²) in [5, 5.41) is 13.5. The highest BCUT2D eigenvalue weighted by molar-refractivity contribution is 5.62. The molecule has 0 aromatic heterocycles. The molecule has 2 rings (SSSR count). The van der Waals surface area contributed by atoms with Crippen molar-refractivity contribution >= 4 is 11.4 Å². The van der Waals surface area contributed by atoms with Crippen LogP contribution in [0, 0.1) is 13.8 Å². The average Bonchev–Trinajstić information content (AvgIpc) is 2.43. The molecule has 3 heteroatoms. The summed E-state index contributed by atoms with van der Waals surface area (Å²) in [4.78, 5) is 2.11. The summed E-state index contributed by atoms with van der Waals surface area (Å²) in [7, 11) is 4.09. The van der Waals surface area contributed by atoms with E-state index in [2.05, 4.69) is 42.3 Å². The predicted octanol–water partition coefficient (Wildman–Crippen LogP) is 4.25. The minimum atomic E-state index is 0.0441. The van der Waals surface area contributed by atoms with Gasteiger partial charge >= 0.3 is 0 Å². The highest BCUT2D eigenvalue weighted by Crippen LogP contribution is 2.29. The summed E-state index contributed by atoms with van der Waals surface area (Å²) in [6.07, 6.45) is 0. The number of phenolic OH excluding ortho intramolecular Hbond substituents is 1. The van der Waals surface area contributed by atoms with Gasteiger partial charge in [0.05, 0.1) is 6.04 Å². The molecule has 0 saturated carbocycles. The second-order valence-electron chi connectivity index (χ2n) is 5.82. The number of hydrogen-bond acceptors (Lipinski definition) is 3. The molecule has 2 aromatic carbocycles. The first-order valence-electron chi connectivity index (χ1n) is 7.22. The molecule has 1 atom stereocenters. The fraction of sp³-hybridized carbons (Fsp3) is 0.333. The molecule has 0 saturated heterocycles. The van der Waals surface area contributed by atoms with E-state index in [1.807, 2.05) is 33.2 Å². The first-order chi connectivity index (χ1) is 9.88. The molecule has 0 aliphatic heterocycles. The van der Waals surface area contributed by atoms with Crippen LogP contribution in [-0.4, -0.2) is 19.2 Å². The van der Waals surface area contributed by atoms with Crippen molar-refractivity contribution in [2.75, 3.05) is 24.3 Å². The van der Waals surface area contributed by atoms with Crippen LogP contribution in [0.25, 0.3) is 0 Å². The predicted molar refractivity (Wildman–Crippen MR) is 90.4 cm³/mol. The molecule has 2 aromatic rings. The molecule has 0 radical (unpaired) electrons. The highest BCUT2D eigenvalue weighted by Gasteiger charge is 2.11. The number of aromatic hydroxyl groups is 1. The molecule has 0 fully saturated rings. The Morgan fingerprint density at radius 2 is 1.76 bits per heavy atom. The molecule has 112 valence electrons. The zero-order valence-corrected chi connectivity index (χ0v) is 13.4. The third-order valence-electron chi connectivity index (χ3n) is 3.72. The van der Waals surface area contributed by atoms with Gasteiger partial charge in [0.1, 0.15) is 5.75 Å². The van der Waals surface area contributed by atoms with Crippen molar-refractivity contribution in [3.63, 3.8) is 0 Å². The summed E-state index contributed by atoms with van der Waals surface area (Å²) >= 11 is 0. The van der Waals surface area contributed by atoms with E-state index in [9.17, 15) is 5.11 Å². The molecule has 0 spiro atoms. The Morgan fingerprint density at radius 1 is 1.05 bits per heavy atom. The maximum Gasteiger partial charge on any atom is 0.120 e. The van der Waals surface area contributed by atoms with Crippen molar-refractivity contribution in [3.8, 4) is 5.75 Å². The summed E-state index contributed by atoms with van der Waals surface area (Å²) in [6.45, 7) is 6.20. The van der Waals surface area contributed by atoms with Crippen molar-refractivity contribution in [2.24, 2.45) is 0 Å². The second-order valence-corrected chi connectivity index (χ2v) is 5.82. The van der Waals surface area contributed by atoms with Gasteiger partial charge in [-0.3, -0.25) is 0 Å². The third-order valence-corrected chi connectivity index (χ3v) is 3.72. The van der Waals surface area contributed by atoms with E-state index in [0.29, 0.717) is 5.75 Å². The average molecular weight is 284 g/mol. The van der Waals surface area contributed by atoms with E-state index in [1.54, 1.807) is 6.07 Å². The fourth-order valence-electron chi connectivity index (χ4n) is 2.53. The number of hydrogen-bond donors (Lipinski definition) is 2. The quantitative estimate of drug-likeness (QED) is 0.881. The van der Waals surface area contributed by atoms with Gasteiger partial charge in [-0.15, -0.1) is 0 Å². The van der Waals surface area contributed by atoms with E-state index >= 15 is 0 Å². The Hall–Kier alpha value is -2.16. The number of nitrogens with one attached hydrogen (secondary N) is 1. The Kier molecular flexibility index (Phi) is 4.41. The molecule has 2 N–H and O–H groups in total. The highest BCUT2D eigenvalue weighted by atomic mass is 16.3. The minimum absolute atomic E-state index is 0.0441. The Bertz CT molecular complexity index is 635. The van der Waals surface area contributed by atoms with Crippen LogP contribution < -0.4 is 10.2 Å². The van der Waals surface area contributed by atoms with Gasteiger partial charge < -0.3 is 15.3 Å². The Balaban J connectivity index is 2.25. The van der Waals surface area contributed by atoms with Crippen LogP contribution in [-0.2, 0) is 0 Å². The normalized spacial score (nSPS) is 12.0. The van der Waals surface area contributed by atoms with Crippen molar-refractivity contribution in [1.82, 2.24) is 0 Å². The summed E-state index contributed by atoms with van der Waals surface area (Å²) in [6, 6.07) is 12.1. The van der Waals surface area contributed by atoms with Crippen LogP contribution in [0.5, 0.6) is 5.75 Å². The smallest absolute Gasteiger partial charge is 0.120 e. The van der Waals surface area contributed by atoms with Gasteiger partial charge in [-0.25, -0.2) is 0 Å². The van der Waals surface area contributed by atoms with Gasteiger partial charge in [-0.05, 0) is 44.5 Å². The zero-order chi connectivity index (χ0) is 15.6. The summed E-state index contributed by atoms with van der Waals surface area (Å²) < 4.78 is 0. The van der Waals surface area contributed by atoms with Crippen LogP contribution in [0.3, 0.4) is 0 Å². The molecular formula is C18H24N2O. The fourth-order valence-corrected chi connectivity index (χ4v) is 2.53. The molecule has 3 nitrogen and oxygen atoms in total. The van der Waals surface area contributed by atoms with Gasteiger partial charge in [0.25, 0.3) is 0 Å². The van der Waals surface area contributed by atoms with E-state index in [4.69, 9.17) is 0 Å². The van der Waals surface area contributed by atoms with E-state index in [0.717, 1.165) is 16.8 Å². The SMILES string of the molecule is Cc1ccc(O)c(C(C)Nc2ccc(C)c(N(C)C)c2)c1. The largest absolute Gasteiger partial charge is 0.508 e. The molecule has 1 unspecified atom stereocenters. The van der Waals surface area contributed by atoms with Crippen LogP contribution >= 0.6 is 0 Å². The van der Waals surface area contributed by atoms with Gasteiger partial charge in [-0.2, -0.15) is 0 Å². The van der Waals surface area contributed by atoms with Gasteiger partial charge in [0.15, 0.2) is 0 Å². The summed E-state index contributed by atoms with van der Waals surface area (Å²) in [5.74, 6) is 0.334. The number of benzene rings is 2. The first kappa shape index (κ1) is 15.2. The van der Waals surface area contributed by atoms with Crippen LogP contribution in [0.4, 0.5) is 11.4 Å². The van der Waals surface area contributed by atoms with Crippen molar-refractivity contribution in [1.29, 1.82) is 0 Å². The molecule has 0 heterocycles. The molecular weight excluding hydrogens is 260 g/mol. The number of rotatable bonds is 4. The van der Waals surface area contributed by atoms with Crippen LogP contribution in [0.1, 0.15) is 29.7 Å². The van der Waals surface area contributed by atoms with Crippen molar-refractivity contribution in [3.05, 3.63) is 53.1 Å². The maximum absolute atomic E-state index is 10.0. The lowest BCUT2D eigenvalue weighted by atomic mass is 10.0. The van der Waals surface area contributed by atoms with E-state index < -0.39 is 0 Å². The van der Waals surface area contributed by atoms with Crippen molar-refractivity contribution in [2.45, 2.75) is 26.8 Å².